The quantitative estimate of drug-likeness (QED) is 0.599. The average molecular weight is 313 g/mol. The number of aryl methyl sites for hydroxylation is 2. The Kier molecular flexibility index (Phi) is 5.41. The summed E-state index contributed by atoms with van der Waals surface area (Å²) in [5.41, 5.74) is 2.44. The maximum Gasteiger partial charge on any atom is 0.326 e. The van der Waals surface area contributed by atoms with E-state index in [0.29, 0.717) is 11.5 Å². The number of aromatic nitrogens is 2. The lowest BCUT2D eigenvalue weighted by atomic mass is 10.0. The van der Waals surface area contributed by atoms with Crippen LogP contribution >= 0.6 is 0 Å². The monoisotopic (exact) mass is 313 g/mol. The van der Waals surface area contributed by atoms with Crippen LogP contribution < -0.4 is 4.90 Å². The largest absolute Gasteiger partial charge is 0.456 e. The topological polar surface area (TPSA) is 72.4 Å². The molecule has 1 aromatic carbocycles. The van der Waals surface area contributed by atoms with Crippen LogP contribution in [0.5, 0.6) is 0 Å². The first-order chi connectivity index (χ1) is 11.0. The second-order valence-corrected chi connectivity index (χ2v) is 5.31. The van der Waals surface area contributed by atoms with Gasteiger partial charge in [-0.3, -0.25) is 9.59 Å². The molecule has 120 valence electrons. The normalized spacial score (nSPS) is 10.2. The first-order valence-electron chi connectivity index (χ1n) is 7.21. The number of likely N-dealkylation sites (N-methyl/N-ethyl adjacent to an activating group) is 1. The Hall–Kier alpha value is -2.76. The molecule has 0 atom stereocenters. The van der Waals surface area contributed by atoms with Gasteiger partial charge in [0.1, 0.15) is 6.54 Å². The maximum absolute atomic E-state index is 12.2. The number of anilines is 1. The Morgan fingerprint density at radius 2 is 1.87 bits per heavy atom. The molecule has 0 saturated carbocycles. The fourth-order valence-corrected chi connectivity index (χ4v) is 2.06. The molecule has 6 heteroatoms. The lowest BCUT2D eigenvalue weighted by Gasteiger charge is -2.15. The summed E-state index contributed by atoms with van der Waals surface area (Å²) in [5, 5.41) is 0. The fraction of sp³-hybridized carbons (Fsp3) is 0.294. The standard InChI is InChI=1S/C17H19N3O3/c1-12-5-6-13(2)14(9-12)15(21)11-23-16(22)10-20(3)17-18-7-4-8-19-17/h4-9H,10-11H2,1-3H3. The van der Waals surface area contributed by atoms with Gasteiger partial charge in [-0.1, -0.05) is 17.7 Å². The van der Waals surface area contributed by atoms with E-state index in [2.05, 4.69) is 9.97 Å². The average Bonchev–Trinajstić information content (AvgIpc) is 2.55. The van der Waals surface area contributed by atoms with Crippen LogP contribution in [0, 0.1) is 13.8 Å². The molecule has 2 rings (SSSR count). The van der Waals surface area contributed by atoms with Crippen molar-refractivity contribution in [1.82, 2.24) is 9.97 Å². The van der Waals surface area contributed by atoms with Gasteiger partial charge in [-0.25, -0.2) is 9.97 Å². The Bertz CT molecular complexity index is 701. The highest BCUT2D eigenvalue weighted by Gasteiger charge is 2.14. The molecule has 0 unspecified atom stereocenters. The van der Waals surface area contributed by atoms with Crippen LogP contribution in [0.2, 0.25) is 0 Å². The molecule has 0 spiro atoms. The van der Waals surface area contributed by atoms with E-state index in [0.717, 1.165) is 11.1 Å². The molecule has 0 amide bonds. The van der Waals surface area contributed by atoms with Gasteiger partial charge in [-0.2, -0.15) is 0 Å². The summed E-state index contributed by atoms with van der Waals surface area (Å²) >= 11 is 0. The Morgan fingerprint density at radius 1 is 1.17 bits per heavy atom. The Labute approximate surface area is 135 Å². The third kappa shape index (κ3) is 4.60. The Balaban J connectivity index is 1.89. The molecule has 0 N–H and O–H groups in total. The minimum absolute atomic E-state index is 0.0237. The number of ether oxygens (including phenoxy) is 1. The first-order valence-corrected chi connectivity index (χ1v) is 7.21. The van der Waals surface area contributed by atoms with E-state index in [1.165, 1.54) is 0 Å². The van der Waals surface area contributed by atoms with Crippen LogP contribution in [0.4, 0.5) is 5.95 Å². The summed E-state index contributed by atoms with van der Waals surface area (Å²) in [6.45, 7) is 3.47. The van der Waals surface area contributed by atoms with E-state index in [1.54, 1.807) is 36.5 Å². The Morgan fingerprint density at radius 3 is 2.57 bits per heavy atom. The molecule has 0 saturated heterocycles. The number of hydrogen-bond donors (Lipinski definition) is 0. The predicted molar refractivity (Wildman–Crippen MR) is 86.5 cm³/mol. The zero-order chi connectivity index (χ0) is 16.8. The van der Waals surface area contributed by atoms with Gasteiger partial charge in [0, 0.05) is 25.0 Å². The number of Topliss-reactive ketones (excluding diaryl/α,β-unsaturated/α-hetero) is 1. The van der Waals surface area contributed by atoms with Gasteiger partial charge in [0.2, 0.25) is 11.7 Å². The number of benzene rings is 1. The van der Waals surface area contributed by atoms with E-state index >= 15 is 0 Å². The highest BCUT2D eigenvalue weighted by Crippen LogP contribution is 2.11. The smallest absolute Gasteiger partial charge is 0.326 e. The summed E-state index contributed by atoms with van der Waals surface area (Å²) in [4.78, 5) is 33.6. The first kappa shape index (κ1) is 16.6. The molecule has 0 bridgehead atoms. The highest BCUT2D eigenvalue weighted by atomic mass is 16.5. The van der Waals surface area contributed by atoms with Crippen molar-refractivity contribution in [2.45, 2.75) is 13.8 Å². The van der Waals surface area contributed by atoms with Crippen LogP contribution in [-0.4, -0.2) is 41.9 Å². The molecule has 1 heterocycles. The summed E-state index contributed by atoms with van der Waals surface area (Å²) in [6.07, 6.45) is 3.18. The third-order valence-corrected chi connectivity index (χ3v) is 3.32. The molecule has 2 aromatic rings. The molecule has 0 aliphatic rings. The molecule has 0 aliphatic heterocycles. The van der Waals surface area contributed by atoms with Crippen molar-refractivity contribution >= 4 is 17.7 Å². The molecular formula is C17H19N3O3. The van der Waals surface area contributed by atoms with Crippen molar-refractivity contribution in [3.63, 3.8) is 0 Å². The predicted octanol–water partition coefficient (Wildman–Crippen LogP) is 1.96. The number of carbonyl (C=O) groups is 2. The van der Waals surface area contributed by atoms with Gasteiger partial charge in [-0.05, 0) is 31.5 Å². The molecule has 0 fully saturated rings. The highest BCUT2D eigenvalue weighted by molar-refractivity contribution is 5.99. The van der Waals surface area contributed by atoms with Crippen LogP contribution in [0.3, 0.4) is 0 Å². The number of rotatable bonds is 6. The second-order valence-electron chi connectivity index (χ2n) is 5.31. The van der Waals surface area contributed by atoms with E-state index in [9.17, 15) is 9.59 Å². The van der Waals surface area contributed by atoms with Gasteiger partial charge < -0.3 is 9.64 Å². The van der Waals surface area contributed by atoms with E-state index in [-0.39, 0.29) is 18.9 Å². The van der Waals surface area contributed by atoms with E-state index < -0.39 is 5.97 Å². The number of esters is 1. The van der Waals surface area contributed by atoms with Gasteiger partial charge in [0.05, 0.1) is 0 Å². The second kappa shape index (κ2) is 7.49. The van der Waals surface area contributed by atoms with Crippen molar-refractivity contribution in [3.8, 4) is 0 Å². The molecule has 1 aromatic heterocycles. The van der Waals surface area contributed by atoms with Crippen molar-refractivity contribution in [2.75, 3.05) is 25.1 Å². The summed E-state index contributed by atoms with van der Waals surface area (Å²) < 4.78 is 5.06. The van der Waals surface area contributed by atoms with Gasteiger partial charge in [0.25, 0.3) is 0 Å². The lowest BCUT2D eigenvalue weighted by molar-refractivity contribution is -0.140. The third-order valence-electron chi connectivity index (χ3n) is 3.32. The maximum atomic E-state index is 12.2. The zero-order valence-electron chi connectivity index (χ0n) is 13.4. The molecule has 6 nitrogen and oxygen atoms in total. The van der Waals surface area contributed by atoms with Crippen LogP contribution in [-0.2, 0) is 9.53 Å². The number of carbonyl (C=O) groups excluding carboxylic acids is 2. The summed E-state index contributed by atoms with van der Waals surface area (Å²) in [6, 6.07) is 7.31. The van der Waals surface area contributed by atoms with Crippen LogP contribution in [0.25, 0.3) is 0 Å². The van der Waals surface area contributed by atoms with Gasteiger partial charge >= 0.3 is 5.97 Å². The zero-order valence-corrected chi connectivity index (χ0v) is 13.4. The van der Waals surface area contributed by atoms with E-state index in [1.807, 2.05) is 26.0 Å². The van der Waals surface area contributed by atoms with Crippen molar-refractivity contribution < 1.29 is 14.3 Å². The number of hydrogen-bond acceptors (Lipinski definition) is 6. The fourth-order valence-electron chi connectivity index (χ4n) is 2.06. The van der Waals surface area contributed by atoms with Gasteiger partial charge in [-0.15, -0.1) is 0 Å². The number of nitrogens with zero attached hydrogens (tertiary/aromatic N) is 3. The minimum atomic E-state index is -0.501. The SMILES string of the molecule is Cc1ccc(C)c(C(=O)COC(=O)CN(C)c2ncccn2)c1. The van der Waals surface area contributed by atoms with Gasteiger partial charge in [0.15, 0.2) is 6.61 Å². The van der Waals surface area contributed by atoms with Crippen molar-refractivity contribution in [3.05, 3.63) is 53.3 Å². The van der Waals surface area contributed by atoms with Crippen molar-refractivity contribution in [2.24, 2.45) is 0 Å². The van der Waals surface area contributed by atoms with Crippen LogP contribution in [0.1, 0.15) is 21.5 Å². The molecule has 0 radical (unpaired) electrons. The molecule has 23 heavy (non-hydrogen) atoms. The lowest BCUT2D eigenvalue weighted by Crippen LogP contribution is -2.29. The van der Waals surface area contributed by atoms with Crippen LogP contribution in [0.15, 0.2) is 36.7 Å². The molecule has 0 aliphatic carbocycles. The van der Waals surface area contributed by atoms with Crippen molar-refractivity contribution in [1.29, 1.82) is 0 Å². The van der Waals surface area contributed by atoms with E-state index in [4.69, 9.17) is 4.74 Å². The molecular weight excluding hydrogens is 294 g/mol. The minimum Gasteiger partial charge on any atom is -0.456 e. The number of ketones is 1. The summed E-state index contributed by atoms with van der Waals surface area (Å²) in [5.74, 6) is -0.290. The summed E-state index contributed by atoms with van der Waals surface area (Å²) in [7, 11) is 1.68.